The molecular weight excluding hydrogens is 544 g/mol. The second-order valence-electron chi connectivity index (χ2n) is 10.6. The number of nitrogens with one attached hydrogen (secondary N) is 4. The highest BCUT2D eigenvalue weighted by molar-refractivity contribution is 5.77. The number of rotatable bonds is 29. The summed E-state index contributed by atoms with van der Waals surface area (Å²) in [4.78, 5) is 68.2. The average Bonchev–Trinajstić information content (AvgIpc) is 2.94. The standard InChI is InChI=1S/C30H54N4O8/c35-25(31-22-12-2-6-17-27(37)33-24-14-4-8-19-29(39)40)15-5-1-11-21-32-26(36)16-7-3-13-23-34-28(38)18-9-10-20-30(41)42/h1-24H2,(H,31,35)(H,32,36)(H,33,37)(H,34,38)(H,39,40)(H,41,42). The largest absolute Gasteiger partial charge is 0.481 e. The van der Waals surface area contributed by atoms with Crippen LogP contribution in [-0.4, -0.2) is 72.0 Å². The first-order valence-corrected chi connectivity index (χ1v) is 15.7. The second-order valence-corrected chi connectivity index (χ2v) is 10.6. The van der Waals surface area contributed by atoms with E-state index in [4.69, 9.17) is 10.2 Å². The number of aliphatic carboxylic acids is 2. The smallest absolute Gasteiger partial charge is 0.303 e. The fourth-order valence-corrected chi connectivity index (χ4v) is 4.17. The quantitative estimate of drug-likeness (QED) is 0.0706. The fraction of sp³-hybridized carbons (Fsp3) is 0.800. The Morgan fingerprint density at radius 1 is 0.310 bits per heavy atom. The van der Waals surface area contributed by atoms with Crippen LogP contribution >= 0.6 is 0 Å². The molecule has 0 aliphatic carbocycles. The van der Waals surface area contributed by atoms with Gasteiger partial charge < -0.3 is 31.5 Å². The molecule has 12 heteroatoms. The van der Waals surface area contributed by atoms with Gasteiger partial charge in [0, 0.05) is 64.7 Å². The molecule has 0 fully saturated rings. The molecule has 242 valence electrons. The number of hydrogen-bond acceptors (Lipinski definition) is 6. The number of hydrogen-bond donors (Lipinski definition) is 6. The molecule has 0 radical (unpaired) electrons. The molecule has 0 unspecified atom stereocenters. The second kappa shape index (κ2) is 28.0. The minimum absolute atomic E-state index is 0.00994. The molecule has 0 rings (SSSR count). The fourth-order valence-electron chi connectivity index (χ4n) is 4.17. The van der Waals surface area contributed by atoms with Crippen LogP contribution in [0.3, 0.4) is 0 Å². The van der Waals surface area contributed by atoms with Gasteiger partial charge >= 0.3 is 11.9 Å². The van der Waals surface area contributed by atoms with E-state index in [1.54, 1.807) is 0 Å². The van der Waals surface area contributed by atoms with Crippen LogP contribution in [0.1, 0.15) is 128 Å². The van der Waals surface area contributed by atoms with Gasteiger partial charge in [-0.3, -0.25) is 28.8 Å². The van der Waals surface area contributed by atoms with Gasteiger partial charge in [-0.25, -0.2) is 0 Å². The maximum absolute atomic E-state index is 11.9. The zero-order valence-electron chi connectivity index (χ0n) is 25.3. The molecule has 0 heterocycles. The van der Waals surface area contributed by atoms with E-state index in [-0.39, 0.29) is 36.5 Å². The van der Waals surface area contributed by atoms with Gasteiger partial charge in [0.05, 0.1) is 0 Å². The predicted molar refractivity (Wildman–Crippen MR) is 160 cm³/mol. The SMILES string of the molecule is O=C(O)CCCCCNC(=O)CCCCCNC(=O)CCCCCNC(=O)CCCCCNC(=O)CCCCC(=O)O. The molecule has 0 saturated carbocycles. The molecule has 12 nitrogen and oxygen atoms in total. The van der Waals surface area contributed by atoms with E-state index in [1.165, 1.54) is 0 Å². The van der Waals surface area contributed by atoms with Crippen molar-refractivity contribution in [1.82, 2.24) is 21.3 Å². The molecule has 0 aromatic carbocycles. The normalized spacial score (nSPS) is 10.6. The van der Waals surface area contributed by atoms with Gasteiger partial charge in [-0.2, -0.15) is 0 Å². The summed E-state index contributed by atoms with van der Waals surface area (Å²) in [5, 5.41) is 28.6. The average molecular weight is 599 g/mol. The number of amides is 4. The Morgan fingerprint density at radius 2 is 0.524 bits per heavy atom. The number of unbranched alkanes of at least 4 members (excludes halogenated alkanes) is 9. The first kappa shape index (κ1) is 38.8. The summed E-state index contributed by atoms with van der Waals surface area (Å²) in [6, 6.07) is 0. The van der Waals surface area contributed by atoms with Crippen LogP contribution in [0.15, 0.2) is 0 Å². The topological polar surface area (TPSA) is 191 Å². The third kappa shape index (κ3) is 29.8. The van der Waals surface area contributed by atoms with E-state index in [0.29, 0.717) is 71.1 Å². The third-order valence-corrected chi connectivity index (χ3v) is 6.64. The Balaban J connectivity index is 3.43. The highest BCUT2D eigenvalue weighted by Crippen LogP contribution is 2.04. The summed E-state index contributed by atoms with van der Waals surface area (Å²) in [5.41, 5.74) is 0. The van der Waals surface area contributed by atoms with E-state index in [2.05, 4.69) is 21.3 Å². The molecule has 42 heavy (non-hydrogen) atoms. The summed E-state index contributed by atoms with van der Waals surface area (Å²) in [5.74, 6) is -1.65. The lowest BCUT2D eigenvalue weighted by molar-refractivity contribution is -0.138. The maximum atomic E-state index is 11.9. The van der Waals surface area contributed by atoms with Crippen molar-refractivity contribution < 1.29 is 39.0 Å². The first-order valence-electron chi connectivity index (χ1n) is 15.7. The predicted octanol–water partition coefficient (Wildman–Crippen LogP) is 3.42. The van der Waals surface area contributed by atoms with E-state index < -0.39 is 11.9 Å². The number of carbonyl (C=O) groups excluding carboxylic acids is 4. The van der Waals surface area contributed by atoms with Crippen molar-refractivity contribution in [3.63, 3.8) is 0 Å². The van der Waals surface area contributed by atoms with E-state index in [9.17, 15) is 28.8 Å². The molecule has 4 amide bonds. The van der Waals surface area contributed by atoms with Crippen LogP contribution < -0.4 is 21.3 Å². The molecule has 0 spiro atoms. The highest BCUT2D eigenvalue weighted by atomic mass is 16.4. The van der Waals surface area contributed by atoms with Crippen molar-refractivity contribution in [2.45, 2.75) is 128 Å². The maximum Gasteiger partial charge on any atom is 0.303 e. The van der Waals surface area contributed by atoms with E-state index in [1.807, 2.05) is 0 Å². The van der Waals surface area contributed by atoms with Gasteiger partial charge in [-0.05, 0) is 64.2 Å². The summed E-state index contributed by atoms with van der Waals surface area (Å²) in [6.07, 6.45) is 12.5. The van der Waals surface area contributed by atoms with Gasteiger partial charge in [0.2, 0.25) is 23.6 Å². The minimum Gasteiger partial charge on any atom is -0.481 e. The van der Waals surface area contributed by atoms with Crippen molar-refractivity contribution in [3.8, 4) is 0 Å². The number of carboxylic acids is 2. The summed E-state index contributed by atoms with van der Waals surface area (Å²) in [6.45, 7) is 2.33. The van der Waals surface area contributed by atoms with Gasteiger partial charge in [-0.1, -0.05) is 25.7 Å². The molecular formula is C30H54N4O8. The van der Waals surface area contributed by atoms with Gasteiger partial charge in [0.15, 0.2) is 0 Å². The Morgan fingerprint density at radius 3 is 0.786 bits per heavy atom. The van der Waals surface area contributed by atoms with Gasteiger partial charge in [0.1, 0.15) is 0 Å². The van der Waals surface area contributed by atoms with Gasteiger partial charge in [0.25, 0.3) is 0 Å². The van der Waals surface area contributed by atoms with E-state index in [0.717, 1.165) is 70.6 Å². The van der Waals surface area contributed by atoms with Crippen LogP contribution in [0.25, 0.3) is 0 Å². The number of carboxylic acid groups (broad SMARTS) is 2. The molecule has 0 aliphatic heterocycles. The lowest BCUT2D eigenvalue weighted by Crippen LogP contribution is -2.25. The molecule has 0 aliphatic rings. The highest BCUT2D eigenvalue weighted by Gasteiger charge is 2.05. The van der Waals surface area contributed by atoms with Crippen molar-refractivity contribution >= 4 is 35.6 Å². The zero-order chi connectivity index (χ0) is 31.3. The molecule has 0 bridgehead atoms. The third-order valence-electron chi connectivity index (χ3n) is 6.64. The lowest BCUT2D eigenvalue weighted by atomic mass is 10.1. The molecule has 0 aromatic rings. The first-order chi connectivity index (χ1) is 20.2. The Hall–Kier alpha value is -3.18. The van der Waals surface area contributed by atoms with Crippen LogP contribution in [0.5, 0.6) is 0 Å². The Labute approximate surface area is 250 Å². The van der Waals surface area contributed by atoms with Crippen molar-refractivity contribution in [2.75, 3.05) is 26.2 Å². The van der Waals surface area contributed by atoms with Crippen LogP contribution in [0.4, 0.5) is 0 Å². The molecule has 6 N–H and O–H groups in total. The summed E-state index contributed by atoms with van der Waals surface area (Å²) in [7, 11) is 0. The van der Waals surface area contributed by atoms with Crippen molar-refractivity contribution in [1.29, 1.82) is 0 Å². The summed E-state index contributed by atoms with van der Waals surface area (Å²) >= 11 is 0. The van der Waals surface area contributed by atoms with Crippen LogP contribution in [0, 0.1) is 0 Å². The van der Waals surface area contributed by atoms with Crippen molar-refractivity contribution in [3.05, 3.63) is 0 Å². The van der Waals surface area contributed by atoms with Crippen LogP contribution in [0.2, 0.25) is 0 Å². The molecule has 0 aromatic heterocycles. The molecule has 0 atom stereocenters. The molecule has 0 saturated heterocycles. The Kier molecular flexibility index (Phi) is 25.8. The minimum atomic E-state index is -0.846. The number of carbonyl (C=O) groups is 6. The van der Waals surface area contributed by atoms with Gasteiger partial charge in [-0.15, -0.1) is 0 Å². The lowest BCUT2D eigenvalue weighted by Gasteiger charge is -2.07. The van der Waals surface area contributed by atoms with Crippen LogP contribution in [-0.2, 0) is 28.8 Å². The Bertz CT molecular complexity index is 791. The van der Waals surface area contributed by atoms with E-state index >= 15 is 0 Å². The van der Waals surface area contributed by atoms with Crippen molar-refractivity contribution in [2.24, 2.45) is 0 Å². The summed E-state index contributed by atoms with van der Waals surface area (Å²) < 4.78 is 0. The zero-order valence-corrected chi connectivity index (χ0v) is 25.3. The monoisotopic (exact) mass is 598 g/mol.